The third-order valence-corrected chi connectivity index (χ3v) is 3.76. The molecule has 1 atom stereocenters. The predicted molar refractivity (Wildman–Crippen MR) is 94.8 cm³/mol. The molecule has 0 spiro atoms. The van der Waals surface area contributed by atoms with Crippen molar-refractivity contribution in [2.45, 2.75) is 33.2 Å². The topological polar surface area (TPSA) is 24.1 Å². The molecule has 0 saturated heterocycles. The summed E-state index contributed by atoms with van der Waals surface area (Å²) in [7, 11) is 0. The minimum Gasteiger partial charge on any atom is -0.356 e. The third-order valence-electron chi connectivity index (χ3n) is 3.55. The van der Waals surface area contributed by atoms with Gasteiger partial charge in [0.2, 0.25) is 0 Å². The number of benzene rings is 2. The Hall–Kier alpha value is -1.87. The molecule has 110 valence electrons. The Balaban J connectivity index is 1.92. The van der Waals surface area contributed by atoms with Crippen molar-refractivity contribution >= 4 is 23.0 Å². The van der Waals surface area contributed by atoms with Crippen molar-refractivity contribution in [2.24, 2.45) is 0 Å². The maximum absolute atomic E-state index is 5.38. The maximum Gasteiger partial charge on any atom is 0.171 e. The largest absolute Gasteiger partial charge is 0.356 e. The van der Waals surface area contributed by atoms with Crippen LogP contribution in [-0.2, 0) is 6.42 Å². The lowest BCUT2D eigenvalue weighted by Crippen LogP contribution is -2.30. The van der Waals surface area contributed by atoms with Gasteiger partial charge in [0, 0.05) is 5.69 Å². The Morgan fingerprint density at radius 3 is 2.24 bits per heavy atom. The molecule has 0 saturated carbocycles. The highest BCUT2D eigenvalue weighted by molar-refractivity contribution is 7.80. The van der Waals surface area contributed by atoms with Gasteiger partial charge in [0.1, 0.15) is 0 Å². The molecule has 0 aromatic heterocycles. The lowest BCUT2D eigenvalue weighted by Gasteiger charge is -2.17. The first-order valence-corrected chi connectivity index (χ1v) is 7.72. The van der Waals surface area contributed by atoms with Gasteiger partial charge in [-0.3, -0.25) is 0 Å². The van der Waals surface area contributed by atoms with E-state index >= 15 is 0 Å². The summed E-state index contributed by atoms with van der Waals surface area (Å²) >= 11 is 5.38. The van der Waals surface area contributed by atoms with Gasteiger partial charge in [-0.15, -0.1) is 0 Å². The Morgan fingerprint density at radius 1 is 1.05 bits per heavy atom. The van der Waals surface area contributed by atoms with Gasteiger partial charge in [0.15, 0.2) is 5.11 Å². The molecule has 0 fully saturated rings. The molecular weight excluding hydrogens is 276 g/mol. The molecule has 2 rings (SSSR count). The predicted octanol–water partition coefficient (Wildman–Crippen LogP) is 4.61. The summed E-state index contributed by atoms with van der Waals surface area (Å²) in [6, 6.07) is 17.0. The molecule has 1 unspecified atom stereocenters. The van der Waals surface area contributed by atoms with Crippen molar-refractivity contribution in [1.29, 1.82) is 0 Å². The fraction of sp³-hybridized carbons (Fsp3) is 0.278. The number of thiocarbonyl (C=S) groups is 1. The van der Waals surface area contributed by atoms with Crippen molar-refractivity contribution in [3.8, 4) is 0 Å². The number of rotatable bonds is 4. The van der Waals surface area contributed by atoms with E-state index in [1.807, 2.05) is 0 Å². The van der Waals surface area contributed by atoms with Crippen molar-refractivity contribution in [3.05, 3.63) is 65.2 Å². The fourth-order valence-corrected chi connectivity index (χ4v) is 2.42. The number of hydrogen-bond acceptors (Lipinski definition) is 1. The van der Waals surface area contributed by atoms with Crippen molar-refractivity contribution in [3.63, 3.8) is 0 Å². The summed E-state index contributed by atoms with van der Waals surface area (Å²) < 4.78 is 0. The molecule has 21 heavy (non-hydrogen) atoms. The van der Waals surface area contributed by atoms with E-state index in [0.29, 0.717) is 5.11 Å². The zero-order valence-electron chi connectivity index (χ0n) is 12.8. The van der Waals surface area contributed by atoms with Crippen LogP contribution in [0.1, 0.15) is 36.6 Å². The van der Waals surface area contributed by atoms with Gasteiger partial charge in [-0.05, 0) is 55.7 Å². The second kappa shape index (κ2) is 7.23. The van der Waals surface area contributed by atoms with E-state index in [2.05, 4.69) is 79.9 Å². The Kier molecular flexibility index (Phi) is 5.34. The summed E-state index contributed by atoms with van der Waals surface area (Å²) in [6.45, 7) is 6.35. The van der Waals surface area contributed by atoms with Crippen LogP contribution in [0.3, 0.4) is 0 Å². The van der Waals surface area contributed by atoms with Gasteiger partial charge >= 0.3 is 0 Å². The molecule has 0 aliphatic heterocycles. The summed E-state index contributed by atoms with van der Waals surface area (Å²) in [5.74, 6) is 0. The van der Waals surface area contributed by atoms with E-state index in [-0.39, 0.29) is 6.04 Å². The van der Waals surface area contributed by atoms with Crippen LogP contribution >= 0.6 is 12.2 Å². The first-order chi connectivity index (χ1) is 10.1. The first kappa shape index (κ1) is 15.5. The number of nitrogens with one attached hydrogen (secondary N) is 2. The second-order valence-electron chi connectivity index (χ2n) is 5.28. The molecule has 0 aliphatic rings. The van der Waals surface area contributed by atoms with Crippen molar-refractivity contribution in [1.82, 2.24) is 5.32 Å². The molecule has 0 radical (unpaired) electrons. The normalized spacial score (nSPS) is 11.8. The van der Waals surface area contributed by atoms with Crippen LogP contribution in [0.25, 0.3) is 0 Å². The van der Waals surface area contributed by atoms with E-state index in [0.717, 1.165) is 12.1 Å². The monoisotopic (exact) mass is 298 g/mol. The molecule has 2 nitrogen and oxygen atoms in total. The van der Waals surface area contributed by atoms with E-state index in [4.69, 9.17) is 12.2 Å². The van der Waals surface area contributed by atoms with Crippen LogP contribution in [-0.4, -0.2) is 5.11 Å². The van der Waals surface area contributed by atoms with Crippen LogP contribution in [0.2, 0.25) is 0 Å². The minimum absolute atomic E-state index is 0.181. The second-order valence-corrected chi connectivity index (χ2v) is 5.69. The molecule has 0 aliphatic carbocycles. The van der Waals surface area contributed by atoms with E-state index in [1.165, 1.54) is 16.7 Å². The van der Waals surface area contributed by atoms with Crippen molar-refractivity contribution in [2.75, 3.05) is 5.32 Å². The van der Waals surface area contributed by atoms with E-state index in [1.54, 1.807) is 0 Å². The Labute approximate surface area is 132 Å². The van der Waals surface area contributed by atoms with Crippen molar-refractivity contribution < 1.29 is 0 Å². The molecule has 0 bridgehead atoms. The molecule has 2 aromatic carbocycles. The van der Waals surface area contributed by atoms with Gasteiger partial charge in [0.25, 0.3) is 0 Å². The van der Waals surface area contributed by atoms with E-state index in [9.17, 15) is 0 Å². The lowest BCUT2D eigenvalue weighted by atomic mass is 10.1. The van der Waals surface area contributed by atoms with Crippen LogP contribution in [0.15, 0.2) is 48.5 Å². The zero-order chi connectivity index (χ0) is 15.2. The van der Waals surface area contributed by atoms with Gasteiger partial charge in [0.05, 0.1) is 6.04 Å². The lowest BCUT2D eigenvalue weighted by molar-refractivity contribution is 0.722. The van der Waals surface area contributed by atoms with Crippen LogP contribution in [0.4, 0.5) is 5.69 Å². The SMILES string of the molecule is CCc1ccc(NC(=S)NC(C)c2ccc(C)cc2)cc1. The van der Waals surface area contributed by atoms with Gasteiger partial charge < -0.3 is 10.6 Å². The first-order valence-electron chi connectivity index (χ1n) is 7.31. The van der Waals surface area contributed by atoms with Gasteiger partial charge in [-0.2, -0.15) is 0 Å². The maximum atomic E-state index is 5.38. The fourth-order valence-electron chi connectivity index (χ4n) is 2.13. The average Bonchev–Trinajstić information content (AvgIpc) is 2.48. The highest BCUT2D eigenvalue weighted by Gasteiger charge is 2.06. The number of anilines is 1. The molecule has 0 amide bonds. The highest BCUT2D eigenvalue weighted by Crippen LogP contribution is 2.14. The van der Waals surface area contributed by atoms with Gasteiger partial charge in [-0.25, -0.2) is 0 Å². The molecule has 2 N–H and O–H groups in total. The highest BCUT2D eigenvalue weighted by atomic mass is 32.1. The zero-order valence-corrected chi connectivity index (χ0v) is 13.6. The standard InChI is InChI=1S/C18H22N2S/c1-4-15-7-11-17(12-8-15)20-18(21)19-14(3)16-9-5-13(2)6-10-16/h5-12,14H,4H2,1-3H3,(H2,19,20,21). The minimum atomic E-state index is 0.181. The summed E-state index contributed by atoms with van der Waals surface area (Å²) in [6.07, 6.45) is 1.05. The van der Waals surface area contributed by atoms with E-state index < -0.39 is 0 Å². The van der Waals surface area contributed by atoms with Crippen LogP contribution < -0.4 is 10.6 Å². The van der Waals surface area contributed by atoms with Crippen LogP contribution in [0.5, 0.6) is 0 Å². The average molecular weight is 298 g/mol. The molecular formula is C18H22N2S. The smallest absolute Gasteiger partial charge is 0.171 e. The molecule has 2 aromatic rings. The van der Waals surface area contributed by atoms with Gasteiger partial charge in [-0.1, -0.05) is 48.9 Å². The molecule has 0 heterocycles. The molecule has 3 heteroatoms. The summed E-state index contributed by atoms with van der Waals surface area (Å²) in [5.41, 5.74) is 4.84. The number of hydrogen-bond donors (Lipinski definition) is 2. The van der Waals surface area contributed by atoms with Crippen LogP contribution in [0, 0.1) is 6.92 Å². The summed E-state index contributed by atoms with van der Waals surface area (Å²) in [5, 5.41) is 7.18. The Morgan fingerprint density at radius 2 is 1.67 bits per heavy atom. The summed E-state index contributed by atoms with van der Waals surface area (Å²) in [4.78, 5) is 0. The quantitative estimate of drug-likeness (QED) is 0.806. The third kappa shape index (κ3) is 4.57. The number of aryl methyl sites for hydroxylation is 2. The Bertz CT molecular complexity index is 588.